The van der Waals surface area contributed by atoms with Gasteiger partial charge in [0.2, 0.25) is 11.8 Å². The molecule has 0 aromatic carbocycles. The Morgan fingerprint density at radius 2 is 1.52 bits per heavy atom. The van der Waals surface area contributed by atoms with E-state index in [0.717, 1.165) is 51.6 Å². The lowest BCUT2D eigenvalue weighted by Crippen LogP contribution is -2.49. The fraction of sp³-hybridized carbons (Fsp3) is 0.875. The molecule has 1 saturated heterocycles. The predicted molar refractivity (Wildman–Crippen MR) is 82.6 cm³/mol. The Kier molecular flexibility index (Phi) is 6.03. The first-order valence-corrected chi connectivity index (χ1v) is 8.44. The van der Waals surface area contributed by atoms with Gasteiger partial charge in [0, 0.05) is 19.6 Å². The maximum absolute atomic E-state index is 12.5. The highest BCUT2D eigenvalue weighted by atomic mass is 16.2. The summed E-state index contributed by atoms with van der Waals surface area (Å²) in [6, 6.07) is 0. The molecule has 3 N–H and O–H groups in total. The first-order chi connectivity index (χ1) is 10.2. The Morgan fingerprint density at radius 1 is 0.952 bits per heavy atom. The molecule has 0 spiro atoms. The minimum absolute atomic E-state index is 0.0164. The van der Waals surface area contributed by atoms with Gasteiger partial charge in [0.1, 0.15) is 0 Å². The monoisotopic (exact) mass is 295 g/mol. The number of hydrogen-bond donors (Lipinski definition) is 2. The van der Waals surface area contributed by atoms with E-state index < -0.39 is 5.41 Å². The average Bonchev–Trinajstić information content (AvgIpc) is 2.79. The molecule has 5 heteroatoms. The second-order valence-corrected chi connectivity index (χ2v) is 6.52. The summed E-state index contributed by atoms with van der Waals surface area (Å²) in [6.45, 7) is 2.17. The molecule has 0 bridgehead atoms. The highest BCUT2D eigenvalue weighted by molar-refractivity contribution is 5.88. The molecule has 0 radical (unpaired) electrons. The molecule has 120 valence electrons. The first kappa shape index (κ1) is 16.3. The van der Waals surface area contributed by atoms with Crippen molar-refractivity contribution in [3.05, 3.63) is 0 Å². The van der Waals surface area contributed by atoms with Crippen LogP contribution in [0, 0.1) is 5.41 Å². The number of carbonyl (C=O) groups is 2. The third kappa shape index (κ3) is 4.19. The number of nitrogens with two attached hydrogens (primary N) is 1. The van der Waals surface area contributed by atoms with E-state index in [1.807, 2.05) is 4.90 Å². The van der Waals surface area contributed by atoms with E-state index in [4.69, 9.17) is 5.73 Å². The molecule has 1 aliphatic carbocycles. The van der Waals surface area contributed by atoms with Crippen LogP contribution in [0.2, 0.25) is 0 Å². The summed E-state index contributed by atoms with van der Waals surface area (Å²) in [5.74, 6) is 0.0288. The summed E-state index contributed by atoms with van der Waals surface area (Å²) in [7, 11) is 0. The number of rotatable bonds is 4. The molecule has 0 atom stereocenters. The molecule has 1 saturated carbocycles. The fourth-order valence-electron chi connectivity index (χ4n) is 3.53. The SMILES string of the molecule is NCC1(C(=O)NCC(=O)N2CCCCC2)CCCCCC1. The van der Waals surface area contributed by atoms with Crippen molar-refractivity contribution < 1.29 is 9.59 Å². The van der Waals surface area contributed by atoms with Crippen molar-refractivity contribution >= 4 is 11.8 Å². The van der Waals surface area contributed by atoms with Gasteiger partial charge in [0.05, 0.1) is 12.0 Å². The number of carbonyl (C=O) groups excluding carboxylic acids is 2. The third-order valence-corrected chi connectivity index (χ3v) is 5.04. The summed E-state index contributed by atoms with van der Waals surface area (Å²) in [6.07, 6.45) is 9.55. The Hall–Kier alpha value is -1.10. The molecule has 0 aromatic rings. The van der Waals surface area contributed by atoms with Crippen molar-refractivity contribution in [2.45, 2.75) is 57.8 Å². The largest absolute Gasteiger partial charge is 0.347 e. The number of nitrogens with zero attached hydrogens (tertiary/aromatic N) is 1. The van der Waals surface area contributed by atoms with Crippen LogP contribution in [0.4, 0.5) is 0 Å². The number of piperidine rings is 1. The van der Waals surface area contributed by atoms with Gasteiger partial charge in [-0.15, -0.1) is 0 Å². The molecule has 1 aliphatic heterocycles. The number of hydrogen-bond acceptors (Lipinski definition) is 3. The maximum atomic E-state index is 12.5. The smallest absolute Gasteiger partial charge is 0.241 e. The molecular weight excluding hydrogens is 266 g/mol. The minimum atomic E-state index is -0.446. The zero-order valence-electron chi connectivity index (χ0n) is 13.0. The van der Waals surface area contributed by atoms with E-state index in [2.05, 4.69) is 5.32 Å². The van der Waals surface area contributed by atoms with Crippen molar-refractivity contribution in [1.82, 2.24) is 10.2 Å². The topological polar surface area (TPSA) is 75.4 Å². The lowest BCUT2D eigenvalue weighted by molar-refractivity contribution is -0.137. The van der Waals surface area contributed by atoms with Crippen molar-refractivity contribution in [1.29, 1.82) is 0 Å². The fourth-order valence-corrected chi connectivity index (χ4v) is 3.53. The Morgan fingerprint density at radius 3 is 2.10 bits per heavy atom. The molecule has 0 aromatic heterocycles. The van der Waals surface area contributed by atoms with Crippen LogP contribution in [0.3, 0.4) is 0 Å². The van der Waals surface area contributed by atoms with Gasteiger partial charge in [0.25, 0.3) is 0 Å². The van der Waals surface area contributed by atoms with Gasteiger partial charge in [-0.25, -0.2) is 0 Å². The highest BCUT2D eigenvalue weighted by Gasteiger charge is 2.37. The summed E-state index contributed by atoms with van der Waals surface area (Å²) < 4.78 is 0. The van der Waals surface area contributed by atoms with Crippen LogP contribution < -0.4 is 11.1 Å². The van der Waals surface area contributed by atoms with Gasteiger partial charge >= 0.3 is 0 Å². The Bertz CT molecular complexity index is 357. The summed E-state index contributed by atoms with van der Waals surface area (Å²) >= 11 is 0. The van der Waals surface area contributed by atoms with E-state index in [-0.39, 0.29) is 18.4 Å². The summed E-state index contributed by atoms with van der Waals surface area (Å²) in [4.78, 5) is 26.5. The molecule has 2 amide bonds. The molecule has 5 nitrogen and oxygen atoms in total. The van der Waals surface area contributed by atoms with Crippen LogP contribution in [0.15, 0.2) is 0 Å². The minimum Gasteiger partial charge on any atom is -0.347 e. The summed E-state index contributed by atoms with van der Waals surface area (Å²) in [5, 5.41) is 2.86. The number of likely N-dealkylation sites (tertiary alicyclic amines) is 1. The molecule has 0 unspecified atom stereocenters. The van der Waals surface area contributed by atoms with Crippen LogP contribution in [-0.4, -0.2) is 42.9 Å². The van der Waals surface area contributed by atoms with Gasteiger partial charge in [-0.1, -0.05) is 25.7 Å². The Labute approximate surface area is 127 Å². The molecule has 2 aliphatic rings. The second-order valence-electron chi connectivity index (χ2n) is 6.52. The lowest BCUT2D eigenvalue weighted by Gasteiger charge is -2.31. The molecule has 2 rings (SSSR count). The lowest BCUT2D eigenvalue weighted by atomic mass is 9.79. The van der Waals surface area contributed by atoms with Crippen molar-refractivity contribution in [3.63, 3.8) is 0 Å². The van der Waals surface area contributed by atoms with Gasteiger partial charge in [-0.3, -0.25) is 9.59 Å². The zero-order valence-corrected chi connectivity index (χ0v) is 13.0. The van der Waals surface area contributed by atoms with Gasteiger partial charge in [-0.2, -0.15) is 0 Å². The van der Waals surface area contributed by atoms with Gasteiger partial charge in [-0.05, 0) is 32.1 Å². The average molecular weight is 295 g/mol. The van der Waals surface area contributed by atoms with Crippen LogP contribution >= 0.6 is 0 Å². The van der Waals surface area contributed by atoms with Crippen molar-refractivity contribution in [2.75, 3.05) is 26.2 Å². The third-order valence-electron chi connectivity index (χ3n) is 5.04. The van der Waals surface area contributed by atoms with Gasteiger partial charge in [0.15, 0.2) is 0 Å². The number of nitrogens with one attached hydrogen (secondary N) is 1. The van der Waals surface area contributed by atoms with Crippen molar-refractivity contribution in [3.8, 4) is 0 Å². The number of amides is 2. The zero-order chi connectivity index (χ0) is 15.1. The van der Waals surface area contributed by atoms with E-state index in [1.165, 1.54) is 19.3 Å². The summed E-state index contributed by atoms with van der Waals surface area (Å²) in [5.41, 5.74) is 5.46. The highest BCUT2D eigenvalue weighted by Crippen LogP contribution is 2.34. The molecular formula is C16H29N3O2. The van der Waals surface area contributed by atoms with Crippen LogP contribution in [0.1, 0.15) is 57.8 Å². The van der Waals surface area contributed by atoms with E-state index in [1.54, 1.807) is 0 Å². The van der Waals surface area contributed by atoms with Crippen LogP contribution in [0.5, 0.6) is 0 Å². The van der Waals surface area contributed by atoms with Crippen LogP contribution in [-0.2, 0) is 9.59 Å². The maximum Gasteiger partial charge on any atom is 0.241 e. The standard InChI is InChI=1S/C16H29N3O2/c17-13-16(8-4-1-2-5-9-16)15(21)18-12-14(20)19-10-6-3-7-11-19/h1-13,17H2,(H,18,21). The Balaban J connectivity index is 1.85. The quantitative estimate of drug-likeness (QED) is 0.770. The van der Waals surface area contributed by atoms with E-state index in [9.17, 15) is 9.59 Å². The van der Waals surface area contributed by atoms with Gasteiger partial charge < -0.3 is 16.0 Å². The normalized spacial score (nSPS) is 22.4. The second kappa shape index (κ2) is 7.78. The predicted octanol–water partition coefficient (Wildman–Crippen LogP) is 1.41. The molecule has 2 fully saturated rings. The molecule has 1 heterocycles. The van der Waals surface area contributed by atoms with E-state index in [0.29, 0.717) is 6.54 Å². The molecule has 21 heavy (non-hydrogen) atoms. The van der Waals surface area contributed by atoms with E-state index >= 15 is 0 Å². The van der Waals surface area contributed by atoms with Crippen molar-refractivity contribution in [2.24, 2.45) is 11.1 Å². The van der Waals surface area contributed by atoms with Crippen LogP contribution in [0.25, 0.3) is 0 Å². The first-order valence-electron chi connectivity index (χ1n) is 8.44.